The number of amides is 1. The van der Waals surface area contributed by atoms with Crippen LogP contribution in [0.3, 0.4) is 0 Å². The van der Waals surface area contributed by atoms with Crippen molar-refractivity contribution in [3.05, 3.63) is 45.9 Å². The highest BCUT2D eigenvalue weighted by Gasteiger charge is 2.16. The summed E-state index contributed by atoms with van der Waals surface area (Å²) in [4.78, 5) is 13.9. The third kappa shape index (κ3) is 3.33. The number of rotatable bonds is 4. The molecule has 0 unspecified atom stereocenters. The van der Waals surface area contributed by atoms with E-state index in [1.54, 1.807) is 42.8 Å². The van der Waals surface area contributed by atoms with E-state index >= 15 is 0 Å². The highest BCUT2D eigenvalue weighted by Crippen LogP contribution is 2.26. The minimum absolute atomic E-state index is 0.112. The fourth-order valence-corrected chi connectivity index (χ4v) is 2.15. The summed E-state index contributed by atoms with van der Waals surface area (Å²) in [5, 5.41) is 7.86. The topological polar surface area (TPSA) is 51.0 Å². The Hall–Kier alpha value is -1.40. The molecule has 7 heteroatoms. The molecule has 1 amide bonds. The van der Waals surface area contributed by atoms with Crippen LogP contribution in [-0.2, 0) is 6.54 Å². The molecule has 2 rings (SSSR count). The second-order valence-corrected chi connectivity index (χ2v) is 5.26. The van der Waals surface area contributed by atoms with Gasteiger partial charge >= 0.3 is 0 Å². The summed E-state index contributed by atoms with van der Waals surface area (Å²) in [6, 6.07) is 5.30. The van der Waals surface area contributed by atoms with Crippen LogP contribution in [0.5, 0.6) is 0 Å². The van der Waals surface area contributed by atoms with Gasteiger partial charge in [-0.25, -0.2) is 0 Å². The Morgan fingerprint density at radius 2 is 2.11 bits per heavy atom. The van der Waals surface area contributed by atoms with Crippen molar-refractivity contribution in [3.8, 4) is 0 Å². The Bertz CT molecular complexity index is 573. The Balaban J connectivity index is 2.04. The van der Waals surface area contributed by atoms with Crippen LogP contribution in [0.4, 0.5) is 0 Å². The average Bonchev–Trinajstić information content (AvgIpc) is 2.91. The monoisotopic (exact) mass is 342 g/mol. The van der Waals surface area contributed by atoms with E-state index in [9.17, 15) is 4.79 Å². The molecule has 2 aromatic rings. The summed E-state index contributed by atoms with van der Waals surface area (Å²) < 4.78 is 2.53. The largest absolute Gasteiger partial charge is 0.340 e. The maximum absolute atomic E-state index is 12.3. The van der Waals surface area contributed by atoms with E-state index in [1.165, 1.54) is 0 Å². The van der Waals surface area contributed by atoms with Crippen LogP contribution in [0, 0.1) is 0 Å². The van der Waals surface area contributed by atoms with Crippen molar-refractivity contribution < 1.29 is 4.79 Å². The number of likely N-dealkylation sites (N-methyl/N-ethyl adjacent to an activating group) is 1. The maximum atomic E-state index is 12.3. The van der Waals surface area contributed by atoms with Crippen molar-refractivity contribution in [1.82, 2.24) is 19.7 Å². The van der Waals surface area contributed by atoms with Crippen LogP contribution >= 0.6 is 27.5 Å². The summed E-state index contributed by atoms with van der Waals surface area (Å²) in [6.07, 6.45) is 3.23. The Labute approximate surface area is 124 Å². The van der Waals surface area contributed by atoms with Crippen molar-refractivity contribution in [2.45, 2.75) is 6.54 Å². The molecule has 1 aromatic carbocycles. The van der Waals surface area contributed by atoms with Gasteiger partial charge in [0.2, 0.25) is 0 Å². The molecule has 0 bridgehead atoms. The normalized spacial score (nSPS) is 10.5. The number of carbonyl (C=O) groups excluding carboxylic acids is 1. The molecule has 19 heavy (non-hydrogen) atoms. The molecule has 0 aliphatic heterocycles. The molecule has 1 heterocycles. The summed E-state index contributed by atoms with van der Waals surface area (Å²) in [5.74, 6) is -0.112. The molecule has 0 spiro atoms. The van der Waals surface area contributed by atoms with Crippen LogP contribution in [0.25, 0.3) is 0 Å². The van der Waals surface area contributed by atoms with Gasteiger partial charge in [-0.3, -0.25) is 4.79 Å². The van der Waals surface area contributed by atoms with Gasteiger partial charge in [-0.2, -0.15) is 0 Å². The minimum atomic E-state index is -0.112. The van der Waals surface area contributed by atoms with Crippen LogP contribution in [-0.4, -0.2) is 39.2 Å². The summed E-state index contributed by atoms with van der Waals surface area (Å²) in [7, 11) is 1.74. The number of halogens is 2. The molecule has 0 N–H and O–H groups in total. The van der Waals surface area contributed by atoms with E-state index in [-0.39, 0.29) is 5.91 Å². The molecule has 5 nitrogen and oxygen atoms in total. The average molecular weight is 344 g/mol. The number of hydrogen-bond acceptors (Lipinski definition) is 3. The van der Waals surface area contributed by atoms with Gasteiger partial charge in [0.25, 0.3) is 5.91 Å². The number of aromatic nitrogens is 3. The van der Waals surface area contributed by atoms with Crippen molar-refractivity contribution in [1.29, 1.82) is 0 Å². The predicted octanol–water partition coefficient (Wildman–Crippen LogP) is 2.47. The van der Waals surface area contributed by atoms with Gasteiger partial charge in [0, 0.05) is 24.6 Å². The van der Waals surface area contributed by atoms with E-state index in [2.05, 4.69) is 26.1 Å². The SMILES string of the molecule is CN(CCn1cnnc1)C(=O)c1cccc(Br)c1Cl. The van der Waals surface area contributed by atoms with Crippen LogP contribution in [0.1, 0.15) is 10.4 Å². The van der Waals surface area contributed by atoms with E-state index in [0.717, 1.165) is 0 Å². The van der Waals surface area contributed by atoms with E-state index in [0.29, 0.717) is 28.1 Å². The minimum Gasteiger partial charge on any atom is -0.340 e. The summed E-state index contributed by atoms with van der Waals surface area (Å²) in [6.45, 7) is 1.20. The zero-order valence-corrected chi connectivity index (χ0v) is 12.6. The number of nitrogens with zero attached hydrogens (tertiary/aromatic N) is 4. The first-order valence-electron chi connectivity index (χ1n) is 5.61. The van der Waals surface area contributed by atoms with Crippen LogP contribution < -0.4 is 0 Å². The van der Waals surface area contributed by atoms with Crippen molar-refractivity contribution in [2.75, 3.05) is 13.6 Å². The molecule has 1 aromatic heterocycles. The molecular weight excluding hydrogens is 332 g/mol. The smallest absolute Gasteiger partial charge is 0.255 e. The lowest BCUT2D eigenvalue weighted by Crippen LogP contribution is -2.30. The Morgan fingerprint density at radius 3 is 2.79 bits per heavy atom. The van der Waals surface area contributed by atoms with Gasteiger partial charge in [0.05, 0.1) is 10.6 Å². The first-order valence-corrected chi connectivity index (χ1v) is 6.78. The second kappa shape index (κ2) is 6.16. The van der Waals surface area contributed by atoms with Crippen molar-refractivity contribution >= 4 is 33.4 Å². The number of carbonyl (C=O) groups is 1. The van der Waals surface area contributed by atoms with Gasteiger partial charge in [-0.05, 0) is 28.1 Å². The summed E-state index contributed by atoms with van der Waals surface area (Å²) >= 11 is 9.42. The molecular formula is C12H12BrClN4O. The zero-order chi connectivity index (χ0) is 13.8. The van der Waals surface area contributed by atoms with Gasteiger partial charge < -0.3 is 9.47 Å². The van der Waals surface area contributed by atoms with E-state index < -0.39 is 0 Å². The van der Waals surface area contributed by atoms with Gasteiger partial charge in [0.1, 0.15) is 12.7 Å². The molecule has 100 valence electrons. The quantitative estimate of drug-likeness (QED) is 0.857. The first kappa shape index (κ1) is 14.0. The van der Waals surface area contributed by atoms with Gasteiger partial charge in [0.15, 0.2) is 0 Å². The standard InChI is InChI=1S/C12H12BrClN4O/c1-17(5-6-18-7-15-16-8-18)12(19)9-3-2-4-10(13)11(9)14/h2-4,7-8H,5-6H2,1H3. The molecule has 0 aliphatic rings. The third-order valence-corrected chi connectivity index (χ3v) is 3.99. The van der Waals surface area contributed by atoms with Crippen LogP contribution in [0.15, 0.2) is 35.3 Å². The molecule has 0 radical (unpaired) electrons. The van der Waals surface area contributed by atoms with Crippen molar-refractivity contribution in [2.24, 2.45) is 0 Å². The fraction of sp³-hybridized carbons (Fsp3) is 0.250. The first-order chi connectivity index (χ1) is 9.09. The zero-order valence-electron chi connectivity index (χ0n) is 10.3. The molecule has 0 aliphatic carbocycles. The lowest BCUT2D eigenvalue weighted by atomic mass is 10.2. The highest BCUT2D eigenvalue weighted by molar-refractivity contribution is 9.10. The Kier molecular flexibility index (Phi) is 4.55. The van der Waals surface area contributed by atoms with Gasteiger partial charge in [-0.15, -0.1) is 10.2 Å². The Morgan fingerprint density at radius 1 is 1.42 bits per heavy atom. The number of hydrogen-bond donors (Lipinski definition) is 0. The lowest BCUT2D eigenvalue weighted by Gasteiger charge is -2.18. The predicted molar refractivity (Wildman–Crippen MR) is 76.1 cm³/mol. The maximum Gasteiger partial charge on any atom is 0.255 e. The van der Waals surface area contributed by atoms with Gasteiger partial charge in [-0.1, -0.05) is 17.7 Å². The lowest BCUT2D eigenvalue weighted by molar-refractivity contribution is 0.0790. The van der Waals surface area contributed by atoms with Crippen LogP contribution in [0.2, 0.25) is 5.02 Å². The third-order valence-electron chi connectivity index (χ3n) is 2.69. The number of benzene rings is 1. The second-order valence-electron chi connectivity index (χ2n) is 4.03. The van der Waals surface area contributed by atoms with Crippen molar-refractivity contribution in [3.63, 3.8) is 0 Å². The highest BCUT2D eigenvalue weighted by atomic mass is 79.9. The molecule has 0 saturated carbocycles. The summed E-state index contributed by atoms with van der Waals surface area (Å²) in [5.41, 5.74) is 0.488. The molecule has 0 fully saturated rings. The van der Waals surface area contributed by atoms with E-state index in [4.69, 9.17) is 11.6 Å². The molecule has 0 saturated heterocycles. The molecule has 0 atom stereocenters. The fourth-order valence-electron chi connectivity index (χ4n) is 1.58. The van der Waals surface area contributed by atoms with E-state index in [1.807, 2.05) is 4.57 Å².